The van der Waals surface area contributed by atoms with Crippen molar-refractivity contribution < 1.29 is 4.79 Å². The topological polar surface area (TPSA) is 55.1 Å². The number of hydrogen-bond donors (Lipinski definition) is 2. The number of rotatable bonds is 5. The maximum Gasteiger partial charge on any atom is 0.238 e. The molecule has 0 aromatic carbocycles. The first-order valence-corrected chi connectivity index (χ1v) is 5.71. The molecule has 0 heterocycles. The summed E-state index contributed by atoms with van der Waals surface area (Å²) in [7, 11) is 0. The summed E-state index contributed by atoms with van der Waals surface area (Å²) in [4.78, 5) is 11.7. The second-order valence-corrected chi connectivity index (χ2v) is 4.72. The smallest absolute Gasteiger partial charge is 0.238 e. The SMILES string of the molecule is C#CCC(N)C(=O)NC(C1CC1)C1CC1. The molecule has 0 aliphatic heterocycles. The Balaban J connectivity index is 1.83. The lowest BCUT2D eigenvalue weighted by Gasteiger charge is -2.19. The predicted octanol–water partition coefficient (Wildman–Crippen LogP) is 0.642. The maximum absolute atomic E-state index is 11.7. The third-order valence-electron chi connectivity index (χ3n) is 3.24. The number of nitrogens with two attached hydrogens (primary N) is 1. The zero-order valence-corrected chi connectivity index (χ0v) is 8.91. The number of carbonyl (C=O) groups excluding carboxylic acids is 1. The predicted molar refractivity (Wildman–Crippen MR) is 58.8 cm³/mol. The first-order valence-electron chi connectivity index (χ1n) is 5.71. The van der Waals surface area contributed by atoms with Crippen LogP contribution in [0, 0.1) is 24.2 Å². The minimum atomic E-state index is -0.532. The highest BCUT2D eigenvalue weighted by Gasteiger charge is 2.42. The minimum absolute atomic E-state index is 0.0725. The summed E-state index contributed by atoms with van der Waals surface area (Å²) in [5.74, 6) is 3.77. The Morgan fingerprint density at radius 1 is 1.40 bits per heavy atom. The van der Waals surface area contributed by atoms with E-state index in [4.69, 9.17) is 12.2 Å². The van der Waals surface area contributed by atoms with Crippen molar-refractivity contribution in [1.82, 2.24) is 5.32 Å². The Kier molecular flexibility index (Phi) is 2.97. The average Bonchev–Trinajstić information content (AvgIpc) is 3.03. The lowest BCUT2D eigenvalue weighted by atomic mass is 10.1. The van der Waals surface area contributed by atoms with E-state index >= 15 is 0 Å². The standard InChI is InChI=1S/C12H18N2O/c1-2-3-10(13)12(15)14-11(8-4-5-8)9-6-7-9/h1,8-11H,3-7,13H2,(H,14,15). The summed E-state index contributed by atoms with van der Waals surface area (Å²) in [6.07, 6.45) is 10.5. The van der Waals surface area contributed by atoms with Crippen molar-refractivity contribution in [3.63, 3.8) is 0 Å². The van der Waals surface area contributed by atoms with E-state index in [2.05, 4.69) is 11.2 Å². The molecule has 3 N–H and O–H groups in total. The molecule has 1 unspecified atom stereocenters. The summed E-state index contributed by atoms with van der Waals surface area (Å²) in [5.41, 5.74) is 5.66. The second-order valence-electron chi connectivity index (χ2n) is 4.72. The van der Waals surface area contributed by atoms with Gasteiger partial charge < -0.3 is 11.1 Å². The van der Waals surface area contributed by atoms with Crippen LogP contribution in [0.25, 0.3) is 0 Å². The third kappa shape index (κ3) is 2.73. The van der Waals surface area contributed by atoms with Gasteiger partial charge in [-0.2, -0.15) is 0 Å². The van der Waals surface area contributed by atoms with E-state index in [1.165, 1.54) is 25.7 Å². The van der Waals surface area contributed by atoms with Gasteiger partial charge in [0, 0.05) is 12.5 Å². The molecule has 2 rings (SSSR count). The normalized spacial score (nSPS) is 22.2. The van der Waals surface area contributed by atoms with Crippen LogP contribution in [0.15, 0.2) is 0 Å². The molecule has 0 saturated heterocycles. The highest BCUT2D eigenvalue weighted by atomic mass is 16.2. The van der Waals surface area contributed by atoms with Crippen molar-refractivity contribution >= 4 is 5.91 Å². The Hall–Kier alpha value is -1.01. The number of terminal acetylenes is 1. The zero-order valence-electron chi connectivity index (χ0n) is 8.91. The Labute approximate surface area is 90.8 Å². The van der Waals surface area contributed by atoms with E-state index < -0.39 is 6.04 Å². The number of amides is 1. The van der Waals surface area contributed by atoms with Crippen LogP contribution in [0.5, 0.6) is 0 Å². The quantitative estimate of drug-likeness (QED) is 0.649. The molecule has 1 atom stereocenters. The summed E-state index contributed by atoms with van der Waals surface area (Å²) in [5, 5.41) is 3.07. The van der Waals surface area contributed by atoms with Crippen LogP contribution in [0.2, 0.25) is 0 Å². The molecule has 2 fully saturated rings. The van der Waals surface area contributed by atoms with Crippen molar-refractivity contribution in [3.8, 4) is 12.3 Å². The molecular weight excluding hydrogens is 188 g/mol. The van der Waals surface area contributed by atoms with Gasteiger partial charge in [0.15, 0.2) is 0 Å². The molecule has 0 aromatic heterocycles. The summed E-state index contributed by atoms with van der Waals surface area (Å²) >= 11 is 0. The molecular formula is C12H18N2O. The van der Waals surface area contributed by atoms with E-state index in [1.807, 2.05) is 0 Å². The van der Waals surface area contributed by atoms with E-state index in [-0.39, 0.29) is 5.91 Å². The monoisotopic (exact) mass is 206 g/mol. The van der Waals surface area contributed by atoms with Crippen molar-refractivity contribution in [2.75, 3.05) is 0 Å². The molecule has 3 heteroatoms. The fourth-order valence-electron chi connectivity index (χ4n) is 2.02. The molecule has 82 valence electrons. The maximum atomic E-state index is 11.7. The van der Waals surface area contributed by atoms with Crippen LogP contribution >= 0.6 is 0 Å². The van der Waals surface area contributed by atoms with Gasteiger partial charge in [-0.25, -0.2) is 0 Å². The zero-order chi connectivity index (χ0) is 10.8. The Bertz CT molecular complexity index is 274. The highest BCUT2D eigenvalue weighted by Crippen LogP contribution is 2.44. The third-order valence-corrected chi connectivity index (χ3v) is 3.24. The van der Waals surface area contributed by atoms with Crippen molar-refractivity contribution in [2.45, 2.75) is 44.2 Å². The molecule has 2 aliphatic carbocycles. The fraction of sp³-hybridized carbons (Fsp3) is 0.750. The second kappa shape index (κ2) is 4.24. The molecule has 2 aliphatic rings. The molecule has 3 nitrogen and oxygen atoms in total. The number of nitrogens with one attached hydrogen (secondary N) is 1. The van der Waals surface area contributed by atoms with E-state index in [0.717, 1.165) is 0 Å². The van der Waals surface area contributed by atoms with E-state index in [1.54, 1.807) is 0 Å². The Morgan fingerprint density at radius 3 is 2.33 bits per heavy atom. The lowest BCUT2D eigenvalue weighted by Crippen LogP contribution is -2.46. The van der Waals surface area contributed by atoms with Crippen LogP contribution in [0.3, 0.4) is 0 Å². The van der Waals surface area contributed by atoms with Crippen LogP contribution in [-0.4, -0.2) is 18.0 Å². The molecule has 2 saturated carbocycles. The van der Waals surface area contributed by atoms with E-state index in [0.29, 0.717) is 24.3 Å². The van der Waals surface area contributed by atoms with Crippen molar-refractivity contribution in [2.24, 2.45) is 17.6 Å². The first kappa shape index (κ1) is 10.5. The molecule has 0 bridgehead atoms. The summed E-state index contributed by atoms with van der Waals surface area (Å²) in [6.45, 7) is 0. The van der Waals surface area contributed by atoms with Gasteiger partial charge in [0.1, 0.15) is 0 Å². The molecule has 0 aromatic rings. The van der Waals surface area contributed by atoms with Gasteiger partial charge >= 0.3 is 0 Å². The molecule has 0 spiro atoms. The van der Waals surface area contributed by atoms with Gasteiger partial charge in [0.2, 0.25) is 5.91 Å². The molecule has 1 amide bonds. The lowest BCUT2D eigenvalue weighted by molar-refractivity contribution is -0.123. The summed E-state index contributed by atoms with van der Waals surface area (Å²) < 4.78 is 0. The largest absolute Gasteiger partial charge is 0.351 e. The average molecular weight is 206 g/mol. The Morgan fingerprint density at radius 2 is 1.93 bits per heavy atom. The van der Waals surface area contributed by atoms with Gasteiger partial charge in [-0.3, -0.25) is 4.79 Å². The highest BCUT2D eigenvalue weighted by molar-refractivity contribution is 5.82. The number of hydrogen-bond acceptors (Lipinski definition) is 2. The first-order chi connectivity index (χ1) is 7.22. The minimum Gasteiger partial charge on any atom is -0.351 e. The van der Waals surface area contributed by atoms with Crippen LogP contribution in [0.1, 0.15) is 32.1 Å². The van der Waals surface area contributed by atoms with Crippen molar-refractivity contribution in [3.05, 3.63) is 0 Å². The van der Waals surface area contributed by atoms with Gasteiger partial charge in [-0.05, 0) is 37.5 Å². The molecule has 0 radical (unpaired) electrons. The van der Waals surface area contributed by atoms with Crippen LogP contribution in [0.4, 0.5) is 0 Å². The van der Waals surface area contributed by atoms with Crippen LogP contribution in [-0.2, 0) is 4.79 Å². The number of carbonyl (C=O) groups is 1. The molecule has 15 heavy (non-hydrogen) atoms. The van der Waals surface area contributed by atoms with Gasteiger partial charge in [0.05, 0.1) is 6.04 Å². The van der Waals surface area contributed by atoms with Crippen LogP contribution < -0.4 is 11.1 Å². The van der Waals surface area contributed by atoms with Gasteiger partial charge in [-0.15, -0.1) is 12.3 Å². The van der Waals surface area contributed by atoms with Crippen molar-refractivity contribution in [1.29, 1.82) is 0 Å². The fourth-order valence-corrected chi connectivity index (χ4v) is 2.02. The summed E-state index contributed by atoms with van der Waals surface area (Å²) in [6, 6.07) is -0.156. The van der Waals surface area contributed by atoms with Gasteiger partial charge in [-0.1, -0.05) is 0 Å². The van der Waals surface area contributed by atoms with E-state index in [9.17, 15) is 4.79 Å². The van der Waals surface area contributed by atoms with Gasteiger partial charge in [0.25, 0.3) is 0 Å².